The molecule has 0 radical (unpaired) electrons. The van der Waals surface area contributed by atoms with Gasteiger partial charge in [0.15, 0.2) is 11.5 Å². The summed E-state index contributed by atoms with van der Waals surface area (Å²) in [5.74, 6) is -1.17. The van der Waals surface area contributed by atoms with Crippen molar-refractivity contribution in [2.24, 2.45) is 12.1 Å². The van der Waals surface area contributed by atoms with Gasteiger partial charge in [-0.1, -0.05) is 0 Å². The highest BCUT2D eigenvalue weighted by atomic mass is 16.3. The number of carbonyl (C=O) groups excluding carboxylic acids is 1. The van der Waals surface area contributed by atoms with Gasteiger partial charge in [-0.15, -0.1) is 0 Å². The number of amides is 1. The highest BCUT2D eigenvalue weighted by molar-refractivity contribution is 5.94. The van der Waals surface area contributed by atoms with Crippen LogP contribution in [0.15, 0.2) is 46.4 Å². The van der Waals surface area contributed by atoms with Gasteiger partial charge in [0, 0.05) is 13.2 Å². The van der Waals surface area contributed by atoms with Crippen molar-refractivity contribution in [1.82, 2.24) is 9.99 Å². The van der Waals surface area contributed by atoms with Crippen LogP contribution in [0.2, 0.25) is 0 Å². The van der Waals surface area contributed by atoms with E-state index in [0.717, 1.165) is 0 Å². The summed E-state index contributed by atoms with van der Waals surface area (Å²) in [6.45, 7) is 0. The third-order valence-electron chi connectivity index (χ3n) is 2.75. The predicted molar refractivity (Wildman–Crippen MR) is 76.5 cm³/mol. The molecule has 1 heterocycles. The maximum Gasteiger partial charge on any atom is 0.276 e. The summed E-state index contributed by atoms with van der Waals surface area (Å²) < 4.78 is 1.29. The number of phenolic OH excluding ortho intramolecular Hbond substituents is 2. The predicted octanol–water partition coefficient (Wildman–Crippen LogP) is 0.560. The van der Waals surface area contributed by atoms with Crippen molar-refractivity contribution in [3.05, 3.63) is 58.0 Å². The first-order valence-electron chi connectivity index (χ1n) is 6.00. The first kappa shape index (κ1) is 14.3. The molecule has 0 atom stereocenters. The molecule has 0 aliphatic carbocycles. The van der Waals surface area contributed by atoms with Crippen LogP contribution in [0.1, 0.15) is 15.9 Å². The number of aryl methyl sites for hydroxylation is 1. The largest absolute Gasteiger partial charge is 0.504 e. The number of aromatic nitrogens is 1. The van der Waals surface area contributed by atoms with Crippen LogP contribution < -0.4 is 11.0 Å². The quantitative estimate of drug-likeness (QED) is 0.436. The fourth-order valence-corrected chi connectivity index (χ4v) is 1.62. The molecule has 1 aromatic carbocycles. The number of hydrazone groups is 1. The maximum absolute atomic E-state index is 11.8. The van der Waals surface area contributed by atoms with Crippen molar-refractivity contribution in [3.63, 3.8) is 0 Å². The monoisotopic (exact) mass is 287 g/mol. The minimum absolute atomic E-state index is 0.0225. The van der Waals surface area contributed by atoms with Gasteiger partial charge in [-0.2, -0.15) is 5.10 Å². The lowest BCUT2D eigenvalue weighted by Gasteiger charge is -2.02. The number of hydrogen-bond donors (Lipinski definition) is 3. The lowest BCUT2D eigenvalue weighted by molar-refractivity contribution is 0.0953. The van der Waals surface area contributed by atoms with Crippen LogP contribution in [-0.2, 0) is 7.05 Å². The number of aromatic hydroxyl groups is 2. The molecule has 0 spiro atoms. The van der Waals surface area contributed by atoms with E-state index >= 15 is 0 Å². The fourth-order valence-electron chi connectivity index (χ4n) is 1.62. The molecule has 7 heteroatoms. The van der Waals surface area contributed by atoms with Crippen molar-refractivity contribution in [2.45, 2.75) is 0 Å². The van der Waals surface area contributed by atoms with Gasteiger partial charge >= 0.3 is 0 Å². The van der Waals surface area contributed by atoms with E-state index in [2.05, 4.69) is 10.5 Å². The lowest BCUT2D eigenvalue weighted by Crippen LogP contribution is -2.29. The van der Waals surface area contributed by atoms with Gasteiger partial charge in [0.2, 0.25) is 0 Å². The number of nitrogens with one attached hydrogen (secondary N) is 1. The second kappa shape index (κ2) is 5.91. The van der Waals surface area contributed by atoms with Crippen LogP contribution in [0, 0.1) is 0 Å². The van der Waals surface area contributed by atoms with Crippen LogP contribution in [0.4, 0.5) is 0 Å². The zero-order chi connectivity index (χ0) is 15.4. The summed E-state index contributed by atoms with van der Waals surface area (Å²) in [7, 11) is 1.54. The Balaban J connectivity index is 2.10. The average Bonchev–Trinajstić information content (AvgIpc) is 2.45. The van der Waals surface area contributed by atoms with Gasteiger partial charge in [-0.3, -0.25) is 9.59 Å². The molecule has 7 nitrogen and oxygen atoms in total. The molecule has 0 aliphatic heterocycles. The molecule has 21 heavy (non-hydrogen) atoms. The van der Waals surface area contributed by atoms with Crippen molar-refractivity contribution in [1.29, 1.82) is 0 Å². The Bertz CT molecular complexity index is 765. The van der Waals surface area contributed by atoms with E-state index in [0.29, 0.717) is 5.56 Å². The first-order chi connectivity index (χ1) is 9.99. The summed E-state index contributed by atoms with van der Waals surface area (Å²) in [6, 6.07) is 7.07. The van der Waals surface area contributed by atoms with Gasteiger partial charge < -0.3 is 14.8 Å². The van der Waals surface area contributed by atoms with E-state index in [9.17, 15) is 14.7 Å². The summed E-state index contributed by atoms with van der Waals surface area (Å²) in [5, 5.41) is 22.2. The van der Waals surface area contributed by atoms with Crippen molar-refractivity contribution in [3.8, 4) is 11.5 Å². The molecule has 0 unspecified atom stereocenters. The smallest absolute Gasteiger partial charge is 0.276 e. The van der Waals surface area contributed by atoms with E-state index in [4.69, 9.17) is 5.11 Å². The molecule has 0 saturated carbocycles. The highest BCUT2D eigenvalue weighted by Crippen LogP contribution is 2.23. The standard InChI is InChI=1S/C14H13N3O4/c1-17-6-2-3-10(14(17)21)13(20)16-15-8-9-4-5-11(18)12(19)7-9/h2-8,18-19H,1H3,(H,16,20)/b15-8-. The number of benzene rings is 1. The van der Waals surface area contributed by atoms with Crippen LogP contribution >= 0.6 is 0 Å². The van der Waals surface area contributed by atoms with Crippen LogP contribution in [0.25, 0.3) is 0 Å². The minimum Gasteiger partial charge on any atom is -0.504 e. The highest BCUT2D eigenvalue weighted by Gasteiger charge is 2.09. The Morgan fingerprint density at radius 1 is 1.29 bits per heavy atom. The van der Waals surface area contributed by atoms with Crippen LogP contribution in [-0.4, -0.2) is 26.9 Å². The maximum atomic E-state index is 11.8. The molecule has 0 fully saturated rings. The average molecular weight is 287 g/mol. The summed E-state index contributed by atoms with van der Waals surface area (Å²) >= 11 is 0. The number of pyridine rings is 1. The van der Waals surface area contributed by atoms with Crippen molar-refractivity contribution in [2.75, 3.05) is 0 Å². The topological polar surface area (TPSA) is 104 Å². The molecule has 0 saturated heterocycles. The summed E-state index contributed by atoms with van der Waals surface area (Å²) in [5.41, 5.74) is 2.25. The lowest BCUT2D eigenvalue weighted by atomic mass is 10.2. The zero-order valence-electron chi connectivity index (χ0n) is 11.1. The molecular formula is C14H13N3O4. The zero-order valence-corrected chi connectivity index (χ0v) is 11.1. The normalized spacial score (nSPS) is 10.7. The van der Waals surface area contributed by atoms with Crippen molar-refractivity contribution >= 4 is 12.1 Å². The summed E-state index contributed by atoms with van der Waals surface area (Å²) in [4.78, 5) is 23.5. The van der Waals surface area contributed by atoms with Gasteiger partial charge in [-0.05, 0) is 35.9 Å². The van der Waals surface area contributed by atoms with Crippen molar-refractivity contribution < 1.29 is 15.0 Å². The second-order valence-corrected chi connectivity index (χ2v) is 4.29. The van der Waals surface area contributed by atoms with E-state index in [1.165, 1.54) is 35.0 Å². The fraction of sp³-hybridized carbons (Fsp3) is 0.0714. The molecular weight excluding hydrogens is 274 g/mol. The van der Waals surface area contributed by atoms with E-state index in [1.807, 2.05) is 0 Å². The Hall–Kier alpha value is -3.09. The van der Waals surface area contributed by atoms with E-state index < -0.39 is 11.5 Å². The van der Waals surface area contributed by atoms with Gasteiger partial charge in [0.1, 0.15) is 5.56 Å². The molecule has 2 rings (SSSR count). The molecule has 1 amide bonds. The molecule has 0 bridgehead atoms. The Morgan fingerprint density at radius 3 is 2.76 bits per heavy atom. The minimum atomic E-state index is -0.629. The summed E-state index contributed by atoms with van der Waals surface area (Å²) in [6.07, 6.45) is 2.83. The van der Waals surface area contributed by atoms with Gasteiger partial charge in [-0.25, -0.2) is 5.43 Å². The van der Waals surface area contributed by atoms with Gasteiger partial charge in [0.05, 0.1) is 6.21 Å². The van der Waals surface area contributed by atoms with Gasteiger partial charge in [0.25, 0.3) is 11.5 Å². The van der Waals surface area contributed by atoms with E-state index in [-0.39, 0.29) is 17.1 Å². The number of phenols is 2. The Morgan fingerprint density at radius 2 is 2.05 bits per heavy atom. The molecule has 108 valence electrons. The molecule has 2 aromatic rings. The molecule has 0 aliphatic rings. The molecule has 1 aromatic heterocycles. The first-order valence-corrected chi connectivity index (χ1v) is 6.00. The number of carbonyl (C=O) groups is 1. The third-order valence-corrected chi connectivity index (χ3v) is 2.75. The number of nitrogens with zero attached hydrogens (tertiary/aromatic N) is 2. The Kier molecular flexibility index (Phi) is 4.03. The SMILES string of the molecule is Cn1cccc(C(=O)N/N=C\c2ccc(O)c(O)c2)c1=O. The van der Waals surface area contributed by atoms with Crippen LogP contribution in [0.5, 0.6) is 11.5 Å². The number of hydrogen-bond acceptors (Lipinski definition) is 5. The van der Waals surface area contributed by atoms with E-state index in [1.54, 1.807) is 19.3 Å². The second-order valence-electron chi connectivity index (χ2n) is 4.29. The Labute approximate surface area is 119 Å². The van der Waals surface area contributed by atoms with Crippen LogP contribution in [0.3, 0.4) is 0 Å². The molecule has 3 N–H and O–H groups in total. The third kappa shape index (κ3) is 3.27. The number of rotatable bonds is 3.